The number of benzene rings is 1. The second kappa shape index (κ2) is 5.29. The minimum Gasteiger partial charge on any atom is -0.396 e. The maximum atomic E-state index is 13.0. The molecule has 0 amide bonds. The van der Waals surface area contributed by atoms with Gasteiger partial charge >= 0.3 is 0 Å². The van der Waals surface area contributed by atoms with Crippen LogP contribution in [0.15, 0.2) is 18.2 Å². The van der Waals surface area contributed by atoms with Crippen molar-refractivity contribution in [1.82, 2.24) is 0 Å². The van der Waals surface area contributed by atoms with Gasteiger partial charge in [-0.1, -0.05) is 17.7 Å². The van der Waals surface area contributed by atoms with E-state index in [9.17, 15) is 4.39 Å². The molecule has 0 aromatic heterocycles. The summed E-state index contributed by atoms with van der Waals surface area (Å²) >= 11 is 5.53. The minimum absolute atomic E-state index is 0.100. The van der Waals surface area contributed by atoms with Crippen molar-refractivity contribution in [3.8, 4) is 0 Å². The van der Waals surface area contributed by atoms with Crippen molar-refractivity contribution in [2.45, 2.75) is 18.9 Å². The number of hydrogen-bond donors (Lipinski definition) is 2. The van der Waals surface area contributed by atoms with Gasteiger partial charge in [-0.25, -0.2) is 4.39 Å². The summed E-state index contributed by atoms with van der Waals surface area (Å²) in [5, 5.41) is 8.71. The molecule has 1 aromatic rings. The molecule has 0 spiro atoms. The van der Waals surface area contributed by atoms with E-state index in [1.807, 2.05) is 0 Å². The molecule has 0 aliphatic rings. The Morgan fingerprint density at radius 2 is 2.21 bits per heavy atom. The SMILES string of the molecule is N[C@@H](CCCO)c1ccc(Cl)c(F)c1. The molecule has 0 aliphatic heterocycles. The van der Waals surface area contributed by atoms with Crippen molar-refractivity contribution in [3.63, 3.8) is 0 Å². The fourth-order valence-corrected chi connectivity index (χ4v) is 1.34. The van der Waals surface area contributed by atoms with E-state index in [0.717, 1.165) is 0 Å². The van der Waals surface area contributed by atoms with Gasteiger partial charge in [-0.15, -0.1) is 0 Å². The standard InChI is InChI=1S/C10H13ClFNO/c11-8-4-3-7(6-9(8)12)10(13)2-1-5-14/h3-4,6,10,14H,1-2,5,13H2/t10-/m0/s1. The van der Waals surface area contributed by atoms with Crippen LogP contribution in [0.1, 0.15) is 24.4 Å². The summed E-state index contributed by atoms with van der Waals surface area (Å²) in [5.41, 5.74) is 6.49. The van der Waals surface area contributed by atoms with E-state index in [1.165, 1.54) is 12.1 Å². The Morgan fingerprint density at radius 1 is 1.50 bits per heavy atom. The lowest BCUT2D eigenvalue weighted by Crippen LogP contribution is -2.11. The van der Waals surface area contributed by atoms with Gasteiger partial charge in [-0.05, 0) is 30.5 Å². The van der Waals surface area contributed by atoms with Crippen molar-refractivity contribution >= 4 is 11.6 Å². The van der Waals surface area contributed by atoms with Gasteiger partial charge in [0.25, 0.3) is 0 Å². The zero-order chi connectivity index (χ0) is 10.6. The summed E-state index contributed by atoms with van der Waals surface area (Å²) in [6.45, 7) is 0.101. The quantitative estimate of drug-likeness (QED) is 0.813. The molecule has 2 nitrogen and oxygen atoms in total. The summed E-state index contributed by atoms with van der Waals surface area (Å²) in [5.74, 6) is -0.455. The molecule has 1 atom stereocenters. The molecule has 0 heterocycles. The highest BCUT2D eigenvalue weighted by molar-refractivity contribution is 6.30. The summed E-state index contributed by atoms with van der Waals surface area (Å²) < 4.78 is 13.0. The molecule has 0 radical (unpaired) electrons. The van der Waals surface area contributed by atoms with Gasteiger partial charge in [0, 0.05) is 12.6 Å². The average molecular weight is 218 g/mol. The lowest BCUT2D eigenvalue weighted by molar-refractivity contribution is 0.280. The number of aliphatic hydroxyl groups excluding tert-OH is 1. The molecule has 78 valence electrons. The third-order valence-corrected chi connectivity index (χ3v) is 2.35. The molecule has 0 saturated heterocycles. The molecule has 0 unspecified atom stereocenters. The summed E-state index contributed by atoms with van der Waals surface area (Å²) in [6.07, 6.45) is 1.25. The highest BCUT2D eigenvalue weighted by Crippen LogP contribution is 2.21. The van der Waals surface area contributed by atoms with E-state index in [0.29, 0.717) is 18.4 Å². The first-order chi connectivity index (χ1) is 6.65. The lowest BCUT2D eigenvalue weighted by atomic mass is 10.0. The van der Waals surface area contributed by atoms with Crippen LogP contribution in [0, 0.1) is 5.82 Å². The molecular formula is C10H13ClFNO. The molecule has 0 aliphatic carbocycles. The van der Waals surface area contributed by atoms with Crippen LogP contribution in [0.25, 0.3) is 0 Å². The predicted molar refractivity (Wildman–Crippen MR) is 54.7 cm³/mol. The Kier molecular flexibility index (Phi) is 4.32. The number of rotatable bonds is 4. The zero-order valence-electron chi connectivity index (χ0n) is 7.71. The number of nitrogens with two attached hydrogens (primary N) is 1. The monoisotopic (exact) mass is 217 g/mol. The van der Waals surface area contributed by atoms with Gasteiger partial charge in [-0.2, -0.15) is 0 Å². The third-order valence-electron chi connectivity index (χ3n) is 2.05. The van der Waals surface area contributed by atoms with Crippen LogP contribution in [-0.2, 0) is 0 Å². The van der Waals surface area contributed by atoms with Crippen LogP contribution in [0.3, 0.4) is 0 Å². The van der Waals surface area contributed by atoms with Crippen LogP contribution >= 0.6 is 11.6 Å². The summed E-state index contributed by atoms with van der Waals surface area (Å²) in [7, 11) is 0. The first-order valence-electron chi connectivity index (χ1n) is 4.46. The van der Waals surface area contributed by atoms with Crippen LogP contribution in [-0.4, -0.2) is 11.7 Å². The summed E-state index contributed by atoms with van der Waals surface area (Å²) in [6, 6.07) is 4.29. The lowest BCUT2D eigenvalue weighted by Gasteiger charge is -2.11. The molecule has 0 saturated carbocycles. The first kappa shape index (κ1) is 11.4. The topological polar surface area (TPSA) is 46.2 Å². The Labute approximate surface area is 87.5 Å². The number of halogens is 2. The van der Waals surface area contributed by atoms with Crippen molar-refractivity contribution in [3.05, 3.63) is 34.6 Å². The van der Waals surface area contributed by atoms with Gasteiger partial charge in [0.05, 0.1) is 5.02 Å². The Morgan fingerprint density at radius 3 is 2.79 bits per heavy atom. The Balaban J connectivity index is 2.70. The van der Waals surface area contributed by atoms with E-state index < -0.39 is 5.82 Å². The molecule has 0 bridgehead atoms. The van der Waals surface area contributed by atoms with Crippen LogP contribution in [0.5, 0.6) is 0 Å². The fraction of sp³-hybridized carbons (Fsp3) is 0.400. The van der Waals surface area contributed by atoms with Crippen molar-refractivity contribution in [1.29, 1.82) is 0 Å². The van der Waals surface area contributed by atoms with Crippen molar-refractivity contribution in [2.24, 2.45) is 5.73 Å². The first-order valence-corrected chi connectivity index (χ1v) is 4.84. The van der Waals surface area contributed by atoms with E-state index in [1.54, 1.807) is 6.07 Å². The fourth-order valence-electron chi connectivity index (χ4n) is 1.22. The highest BCUT2D eigenvalue weighted by Gasteiger charge is 2.08. The predicted octanol–water partition coefficient (Wildman–Crippen LogP) is 2.25. The van der Waals surface area contributed by atoms with Crippen LogP contribution < -0.4 is 5.73 Å². The van der Waals surface area contributed by atoms with Gasteiger partial charge in [0.15, 0.2) is 0 Å². The average Bonchev–Trinajstić information content (AvgIpc) is 2.18. The highest BCUT2D eigenvalue weighted by atomic mass is 35.5. The Bertz CT molecular complexity index is 306. The van der Waals surface area contributed by atoms with Gasteiger partial charge < -0.3 is 10.8 Å². The minimum atomic E-state index is -0.455. The molecule has 0 fully saturated rings. The van der Waals surface area contributed by atoms with Crippen molar-refractivity contribution < 1.29 is 9.50 Å². The van der Waals surface area contributed by atoms with E-state index in [-0.39, 0.29) is 17.7 Å². The molecule has 4 heteroatoms. The molecule has 1 aromatic carbocycles. The smallest absolute Gasteiger partial charge is 0.142 e. The van der Waals surface area contributed by atoms with Gasteiger partial charge in [0.2, 0.25) is 0 Å². The second-order valence-corrected chi connectivity index (χ2v) is 3.55. The largest absolute Gasteiger partial charge is 0.396 e. The molecule has 1 rings (SSSR count). The maximum absolute atomic E-state index is 13.0. The van der Waals surface area contributed by atoms with Crippen LogP contribution in [0.4, 0.5) is 4.39 Å². The normalized spacial score (nSPS) is 12.9. The van der Waals surface area contributed by atoms with E-state index in [2.05, 4.69) is 0 Å². The van der Waals surface area contributed by atoms with Crippen LogP contribution in [0.2, 0.25) is 5.02 Å². The third kappa shape index (κ3) is 2.94. The Hall–Kier alpha value is -0.640. The molecular weight excluding hydrogens is 205 g/mol. The van der Waals surface area contributed by atoms with Gasteiger partial charge in [-0.3, -0.25) is 0 Å². The maximum Gasteiger partial charge on any atom is 0.142 e. The molecule has 3 N–H and O–H groups in total. The van der Waals surface area contributed by atoms with Gasteiger partial charge in [0.1, 0.15) is 5.82 Å². The van der Waals surface area contributed by atoms with Crippen molar-refractivity contribution in [2.75, 3.05) is 6.61 Å². The van der Waals surface area contributed by atoms with E-state index in [4.69, 9.17) is 22.4 Å². The zero-order valence-corrected chi connectivity index (χ0v) is 8.47. The molecule has 14 heavy (non-hydrogen) atoms. The number of hydrogen-bond acceptors (Lipinski definition) is 2. The van der Waals surface area contributed by atoms with E-state index >= 15 is 0 Å². The second-order valence-electron chi connectivity index (χ2n) is 3.15. The summed E-state index contributed by atoms with van der Waals surface area (Å²) in [4.78, 5) is 0. The number of aliphatic hydroxyl groups is 1.